The number of furan rings is 1. The van der Waals surface area contributed by atoms with Crippen molar-refractivity contribution in [3.05, 3.63) is 23.7 Å². The number of nitrogens with two attached hydrogens (primary N) is 1. The molecule has 0 spiro atoms. The summed E-state index contributed by atoms with van der Waals surface area (Å²) < 4.78 is 5.33. The third kappa shape index (κ3) is 3.34. The fraction of sp³-hybridized carbons (Fsp3) is 0.455. The molecular weight excluding hydrogens is 224 g/mol. The molecule has 0 saturated carbocycles. The van der Waals surface area contributed by atoms with Crippen LogP contribution in [-0.4, -0.2) is 10.9 Å². The lowest BCUT2D eigenvalue weighted by atomic mass is 10.1. The molecule has 88 valence electrons. The summed E-state index contributed by atoms with van der Waals surface area (Å²) in [5.74, 6) is 1.00. The van der Waals surface area contributed by atoms with Crippen molar-refractivity contribution < 1.29 is 9.21 Å². The van der Waals surface area contributed by atoms with Gasteiger partial charge in [-0.05, 0) is 25.5 Å². The minimum absolute atomic E-state index is 0.149. The predicted octanol–water partition coefficient (Wildman–Crippen LogP) is 1.52. The molecule has 0 bridgehead atoms. The van der Waals surface area contributed by atoms with Crippen molar-refractivity contribution >= 4 is 23.1 Å². The molecule has 0 aliphatic rings. The van der Waals surface area contributed by atoms with Crippen molar-refractivity contribution in [2.75, 3.05) is 0 Å². The number of hydrogen-bond acceptors (Lipinski definition) is 3. The second-order valence-corrected chi connectivity index (χ2v) is 4.06. The largest absolute Gasteiger partial charge is 0.465 e. The number of carbonyl (C=O) groups is 1. The Kier molecular flexibility index (Phi) is 4.49. The fourth-order valence-electron chi connectivity index (χ4n) is 1.39. The lowest BCUT2D eigenvalue weighted by Gasteiger charge is -2.12. The summed E-state index contributed by atoms with van der Waals surface area (Å²) in [7, 11) is 0. The first-order chi connectivity index (χ1) is 7.54. The smallest absolute Gasteiger partial charge is 0.230 e. The van der Waals surface area contributed by atoms with Gasteiger partial charge in [0.25, 0.3) is 0 Å². The van der Waals surface area contributed by atoms with Gasteiger partial charge in [0.1, 0.15) is 11.5 Å². The SMILES string of the molecule is CCC(C(=O)NCc1ccc(C)o1)C(N)=S. The Labute approximate surface area is 100 Å². The molecule has 4 nitrogen and oxygen atoms in total. The number of thiocarbonyl (C=S) groups is 1. The molecule has 1 rings (SSSR count). The molecule has 0 aromatic carbocycles. The van der Waals surface area contributed by atoms with Crippen LogP contribution in [0.1, 0.15) is 24.9 Å². The Bertz CT molecular complexity index is 387. The van der Waals surface area contributed by atoms with E-state index in [9.17, 15) is 4.79 Å². The maximum absolute atomic E-state index is 11.7. The van der Waals surface area contributed by atoms with Crippen LogP contribution in [-0.2, 0) is 11.3 Å². The normalized spacial score (nSPS) is 12.1. The number of carbonyl (C=O) groups excluding carboxylic acids is 1. The maximum atomic E-state index is 11.7. The minimum Gasteiger partial charge on any atom is -0.465 e. The highest BCUT2D eigenvalue weighted by molar-refractivity contribution is 7.80. The average molecular weight is 240 g/mol. The number of nitrogens with one attached hydrogen (secondary N) is 1. The molecule has 1 aromatic heterocycles. The van der Waals surface area contributed by atoms with Crippen molar-refractivity contribution in [3.8, 4) is 0 Å². The molecule has 5 heteroatoms. The van der Waals surface area contributed by atoms with Gasteiger partial charge in [0.15, 0.2) is 0 Å². The van der Waals surface area contributed by atoms with E-state index in [1.165, 1.54) is 0 Å². The Morgan fingerprint density at radius 1 is 1.62 bits per heavy atom. The summed E-state index contributed by atoms with van der Waals surface area (Å²) in [6.07, 6.45) is 0.609. The van der Waals surface area contributed by atoms with Crippen LogP contribution in [0.2, 0.25) is 0 Å². The molecule has 1 atom stereocenters. The number of hydrogen-bond donors (Lipinski definition) is 2. The van der Waals surface area contributed by atoms with Crippen LogP contribution in [0.15, 0.2) is 16.5 Å². The Morgan fingerprint density at radius 2 is 2.31 bits per heavy atom. The standard InChI is InChI=1S/C11H16N2O2S/c1-3-9(10(12)16)11(14)13-6-8-5-4-7(2)15-8/h4-5,9H,3,6H2,1-2H3,(H2,12,16)(H,13,14). The average Bonchev–Trinajstić information content (AvgIpc) is 2.62. The molecule has 1 aromatic rings. The molecule has 1 amide bonds. The van der Waals surface area contributed by atoms with Crippen LogP contribution in [0.3, 0.4) is 0 Å². The highest BCUT2D eigenvalue weighted by Crippen LogP contribution is 2.07. The van der Waals surface area contributed by atoms with E-state index in [1.807, 2.05) is 26.0 Å². The molecule has 3 N–H and O–H groups in total. The van der Waals surface area contributed by atoms with Gasteiger partial charge >= 0.3 is 0 Å². The first-order valence-electron chi connectivity index (χ1n) is 5.17. The topological polar surface area (TPSA) is 68.3 Å². The third-order valence-corrected chi connectivity index (χ3v) is 2.59. The number of amides is 1. The van der Waals surface area contributed by atoms with Crippen LogP contribution in [0.5, 0.6) is 0 Å². The molecule has 0 fully saturated rings. The zero-order chi connectivity index (χ0) is 12.1. The Hall–Kier alpha value is -1.36. The van der Waals surface area contributed by atoms with E-state index < -0.39 is 5.92 Å². The monoisotopic (exact) mass is 240 g/mol. The highest BCUT2D eigenvalue weighted by Gasteiger charge is 2.18. The second-order valence-electron chi connectivity index (χ2n) is 3.59. The first kappa shape index (κ1) is 12.7. The first-order valence-corrected chi connectivity index (χ1v) is 5.57. The number of aryl methyl sites for hydroxylation is 1. The molecule has 1 unspecified atom stereocenters. The summed E-state index contributed by atoms with van der Waals surface area (Å²) >= 11 is 4.82. The van der Waals surface area contributed by atoms with E-state index in [2.05, 4.69) is 5.32 Å². The zero-order valence-corrected chi connectivity index (χ0v) is 10.3. The van der Waals surface area contributed by atoms with Crippen LogP contribution in [0, 0.1) is 12.8 Å². The van der Waals surface area contributed by atoms with Crippen molar-refractivity contribution in [2.24, 2.45) is 11.7 Å². The van der Waals surface area contributed by atoms with E-state index in [1.54, 1.807) is 0 Å². The van der Waals surface area contributed by atoms with Crippen molar-refractivity contribution in [1.82, 2.24) is 5.32 Å². The molecule has 0 saturated heterocycles. The van der Waals surface area contributed by atoms with Gasteiger partial charge in [0.2, 0.25) is 5.91 Å². The molecule has 1 heterocycles. The summed E-state index contributed by atoms with van der Waals surface area (Å²) in [6.45, 7) is 4.10. The van der Waals surface area contributed by atoms with Gasteiger partial charge < -0.3 is 15.5 Å². The summed E-state index contributed by atoms with van der Waals surface area (Å²) in [6, 6.07) is 3.68. The van der Waals surface area contributed by atoms with Crippen LogP contribution in [0.4, 0.5) is 0 Å². The summed E-state index contributed by atoms with van der Waals surface area (Å²) in [5, 5.41) is 2.74. The lowest BCUT2D eigenvalue weighted by Crippen LogP contribution is -2.37. The van der Waals surface area contributed by atoms with Gasteiger partial charge in [-0.3, -0.25) is 4.79 Å². The molecule has 0 radical (unpaired) electrons. The van der Waals surface area contributed by atoms with Gasteiger partial charge in [0.05, 0.1) is 17.5 Å². The highest BCUT2D eigenvalue weighted by atomic mass is 32.1. The van der Waals surface area contributed by atoms with Crippen LogP contribution < -0.4 is 11.1 Å². The molecular formula is C11H16N2O2S. The van der Waals surface area contributed by atoms with Gasteiger partial charge in [-0.25, -0.2) is 0 Å². The van der Waals surface area contributed by atoms with Gasteiger partial charge in [-0.1, -0.05) is 19.1 Å². The van der Waals surface area contributed by atoms with Gasteiger partial charge in [-0.15, -0.1) is 0 Å². The fourth-order valence-corrected chi connectivity index (χ4v) is 1.67. The van der Waals surface area contributed by atoms with Crippen LogP contribution in [0.25, 0.3) is 0 Å². The van der Waals surface area contributed by atoms with E-state index in [-0.39, 0.29) is 10.9 Å². The van der Waals surface area contributed by atoms with E-state index in [0.29, 0.717) is 13.0 Å². The van der Waals surface area contributed by atoms with E-state index >= 15 is 0 Å². The van der Waals surface area contributed by atoms with Gasteiger partial charge in [-0.2, -0.15) is 0 Å². The summed E-state index contributed by atoms with van der Waals surface area (Å²) in [5.41, 5.74) is 5.47. The van der Waals surface area contributed by atoms with Gasteiger partial charge in [0, 0.05) is 0 Å². The lowest BCUT2D eigenvalue weighted by molar-refractivity contribution is -0.123. The molecule has 0 aliphatic heterocycles. The Morgan fingerprint density at radius 3 is 2.75 bits per heavy atom. The maximum Gasteiger partial charge on any atom is 0.230 e. The van der Waals surface area contributed by atoms with Crippen molar-refractivity contribution in [1.29, 1.82) is 0 Å². The van der Waals surface area contributed by atoms with Crippen molar-refractivity contribution in [3.63, 3.8) is 0 Å². The quantitative estimate of drug-likeness (QED) is 0.766. The Balaban J connectivity index is 2.49. The van der Waals surface area contributed by atoms with E-state index in [4.69, 9.17) is 22.4 Å². The number of rotatable bonds is 5. The third-order valence-electron chi connectivity index (χ3n) is 2.30. The second kappa shape index (κ2) is 5.65. The predicted molar refractivity (Wildman–Crippen MR) is 65.9 cm³/mol. The molecule has 16 heavy (non-hydrogen) atoms. The molecule has 0 aliphatic carbocycles. The van der Waals surface area contributed by atoms with Crippen molar-refractivity contribution in [2.45, 2.75) is 26.8 Å². The summed E-state index contributed by atoms with van der Waals surface area (Å²) in [4.78, 5) is 11.9. The van der Waals surface area contributed by atoms with E-state index in [0.717, 1.165) is 11.5 Å². The zero-order valence-electron chi connectivity index (χ0n) is 9.45. The minimum atomic E-state index is -0.397. The van der Waals surface area contributed by atoms with Crippen LogP contribution >= 0.6 is 12.2 Å².